The minimum atomic E-state index is -0.120. The zero-order chi connectivity index (χ0) is 4.28. The summed E-state index contributed by atoms with van der Waals surface area (Å²) in [6, 6.07) is 0. The average molecular weight is 74.1 g/mol. The predicted octanol–water partition coefficient (Wildman–Crippen LogP) is 1.88. The van der Waals surface area contributed by atoms with Gasteiger partial charge in [0.2, 0.25) is 0 Å². The van der Waals surface area contributed by atoms with Gasteiger partial charge < -0.3 is 0 Å². The van der Waals surface area contributed by atoms with Crippen molar-refractivity contribution < 1.29 is 4.39 Å². The lowest BCUT2D eigenvalue weighted by molar-refractivity contribution is 0.638. The first-order valence-corrected chi connectivity index (χ1v) is 1.56. The maximum absolute atomic E-state index is 11.3. The molecule has 0 aromatic heterocycles. The summed E-state index contributed by atoms with van der Waals surface area (Å²) >= 11 is 0. The van der Waals surface area contributed by atoms with Crippen molar-refractivity contribution >= 4 is 0 Å². The lowest BCUT2D eigenvalue weighted by atomic mass is 10.6. The maximum Gasteiger partial charge on any atom is 0.0926 e. The molecular weight excluding hydrogens is 67.0 g/mol. The SMILES string of the molecule is CC=C(C)F. The van der Waals surface area contributed by atoms with E-state index in [2.05, 4.69) is 0 Å². The van der Waals surface area contributed by atoms with Crippen LogP contribution in [0.1, 0.15) is 13.8 Å². The van der Waals surface area contributed by atoms with Gasteiger partial charge in [-0.25, -0.2) is 4.39 Å². The van der Waals surface area contributed by atoms with Gasteiger partial charge in [-0.15, -0.1) is 0 Å². The van der Waals surface area contributed by atoms with Crippen LogP contribution in [0.2, 0.25) is 0 Å². The van der Waals surface area contributed by atoms with E-state index in [4.69, 9.17) is 0 Å². The normalized spacial score (nSPS) is 12.2. The number of hydrogen-bond acceptors (Lipinski definition) is 0. The van der Waals surface area contributed by atoms with Gasteiger partial charge in [0.05, 0.1) is 5.83 Å². The Balaban J connectivity index is 3.14. The molecule has 0 spiro atoms. The molecule has 30 valence electrons. The minimum Gasteiger partial charge on any atom is -0.213 e. The van der Waals surface area contributed by atoms with Crippen LogP contribution in [0.15, 0.2) is 11.9 Å². The molecule has 0 aliphatic rings. The summed E-state index contributed by atoms with van der Waals surface area (Å²) < 4.78 is 11.3. The topological polar surface area (TPSA) is 0 Å². The summed E-state index contributed by atoms with van der Waals surface area (Å²) in [5, 5.41) is 0. The third-order valence-corrected chi connectivity index (χ3v) is 0.398. The van der Waals surface area contributed by atoms with E-state index < -0.39 is 0 Å². The smallest absolute Gasteiger partial charge is 0.0926 e. The Labute approximate surface area is 31.3 Å². The van der Waals surface area contributed by atoms with E-state index in [0.717, 1.165) is 0 Å². The van der Waals surface area contributed by atoms with Gasteiger partial charge in [0.1, 0.15) is 0 Å². The lowest BCUT2D eigenvalue weighted by Crippen LogP contribution is -1.48. The highest BCUT2D eigenvalue weighted by Crippen LogP contribution is 1.87. The fraction of sp³-hybridized carbons (Fsp3) is 0.500. The molecule has 5 heavy (non-hydrogen) atoms. The molecule has 0 saturated heterocycles. The van der Waals surface area contributed by atoms with Crippen molar-refractivity contribution in [2.45, 2.75) is 13.8 Å². The van der Waals surface area contributed by atoms with Crippen molar-refractivity contribution in [3.05, 3.63) is 11.9 Å². The predicted molar refractivity (Wildman–Crippen MR) is 20.5 cm³/mol. The van der Waals surface area contributed by atoms with Crippen LogP contribution in [-0.2, 0) is 0 Å². The average Bonchev–Trinajstić information content (AvgIpc) is 1.38. The summed E-state index contributed by atoms with van der Waals surface area (Å²) in [6.45, 7) is 3.08. The molecule has 0 radical (unpaired) electrons. The molecule has 0 amide bonds. The van der Waals surface area contributed by atoms with E-state index in [9.17, 15) is 4.39 Å². The third-order valence-electron chi connectivity index (χ3n) is 0.398. The van der Waals surface area contributed by atoms with Crippen LogP contribution in [0.4, 0.5) is 4.39 Å². The van der Waals surface area contributed by atoms with E-state index in [1.807, 2.05) is 0 Å². The molecular formula is C4H7F. The van der Waals surface area contributed by atoms with Crippen LogP contribution >= 0.6 is 0 Å². The van der Waals surface area contributed by atoms with E-state index in [1.54, 1.807) is 6.92 Å². The zero-order valence-corrected chi connectivity index (χ0v) is 3.46. The molecule has 0 saturated carbocycles. The molecule has 1 heteroatoms. The summed E-state index contributed by atoms with van der Waals surface area (Å²) in [5.41, 5.74) is 0. The molecule has 0 aromatic carbocycles. The highest BCUT2D eigenvalue weighted by Gasteiger charge is 1.66. The highest BCUT2D eigenvalue weighted by molar-refractivity contribution is 4.80. The molecule has 0 rings (SSSR count). The second kappa shape index (κ2) is 1.94. The Bertz CT molecular complexity index is 41.6. The second-order valence-electron chi connectivity index (χ2n) is 0.875. The summed E-state index contributed by atoms with van der Waals surface area (Å²) in [5.74, 6) is -0.120. The third kappa shape index (κ3) is 3.67. The van der Waals surface area contributed by atoms with Crippen molar-refractivity contribution in [2.24, 2.45) is 0 Å². The van der Waals surface area contributed by atoms with Crippen LogP contribution in [0.3, 0.4) is 0 Å². The van der Waals surface area contributed by atoms with Crippen molar-refractivity contribution in [2.75, 3.05) is 0 Å². The van der Waals surface area contributed by atoms with Crippen LogP contribution in [0.25, 0.3) is 0 Å². The number of rotatable bonds is 0. The van der Waals surface area contributed by atoms with Crippen LogP contribution in [0.5, 0.6) is 0 Å². The first kappa shape index (κ1) is 4.67. The Kier molecular flexibility index (Phi) is 1.81. The van der Waals surface area contributed by atoms with E-state index in [0.29, 0.717) is 0 Å². The fourth-order valence-electron chi connectivity index (χ4n) is 0. The summed E-state index contributed by atoms with van der Waals surface area (Å²) in [6.07, 6.45) is 1.42. The Morgan fingerprint density at radius 3 is 2.00 bits per heavy atom. The van der Waals surface area contributed by atoms with Gasteiger partial charge in [-0.1, -0.05) is 6.08 Å². The van der Waals surface area contributed by atoms with Gasteiger partial charge in [0.25, 0.3) is 0 Å². The van der Waals surface area contributed by atoms with Crippen LogP contribution in [-0.4, -0.2) is 0 Å². The molecule has 0 bridgehead atoms. The van der Waals surface area contributed by atoms with Gasteiger partial charge in [0, 0.05) is 0 Å². The van der Waals surface area contributed by atoms with Crippen LogP contribution in [0, 0.1) is 0 Å². The first-order chi connectivity index (χ1) is 2.27. The summed E-state index contributed by atoms with van der Waals surface area (Å²) in [7, 11) is 0. The number of hydrogen-bond donors (Lipinski definition) is 0. The van der Waals surface area contributed by atoms with Crippen molar-refractivity contribution in [1.29, 1.82) is 0 Å². The molecule has 0 fully saturated rings. The molecule has 0 aliphatic heterocycles. The molecule has 0 N–H and O–H groups in total. The van der Waals surface area contributed by atoms with E-state index >= 15 is 0 Å². The summed E-state index contributed by atoms with van der Waals surface area (Å²) in [4.78, 5) is 0. The molecule has 0 heterocycles. The second-order valence-corrected chi connectivity index (χ2v) is 0.875. The molecule has 0 aliphatic carbocycles. The molecule has 0 nitrogen and oxygen atoms in total. The van der Waals surface area contributed by atoms with Crippen LogP contribution < -0.4 is 0 Å². The van der Waals surface area contributed by atoms with Gasteiger partial charge in [-0.3, -0.25) is 0 Å². The van der Waals surface area contributed by atoms with E-state index in [1.165, 1.54) is 13.0 Å². The Morgan fingerprint density at radius 1 is 1.80 bits per heavy atom. The lowest BCUT2D eigenvalue weighted by Gasteiger charge is -1.68. The standard InChI is InChI=1S/C4H7F/c1-3-4(2)5/h3H,1-2H3. The van der Waals surface area contributed by atoms with E-state index in [-0.39, 0.29) is 5.83 Å². The minimum absolute atomic E-state index is 0.120. The quantitative estimate of drug-likeness (QED) is 0.411. The largest absolute Gasteiger partial charge is 0.213 e. The first-order valence-electron chi connectivity index (χ1n) is 1.56. The number of allylic oxidation sites excluding steroid dienone is 2. The van der Waals surface area contributed by atoms with Gasteiger partial charge in [0.15, 0.2) is 0 Å². The Hall–Kier alpha value is -0.330. The van der Waals surface area contributed by atoms with Gasteiger partial charge in [-0.2, -0.15) is 0 Å². The number of halogens is 1. The van der Waals surface area contributed by atoms with Crippen molar-refractivity contribution in [1.82, 2.24) is 0 Å². The highest BCUT2D eigenvalue weighted by atomic mass is 19.1. The molecule has 0 aromatic rings. The molecule has 0 unspecified atom stereocenters. The monoisotopic (exact) mass is 74.1 g/mol. The van der Waals surface area contributed by atoms with Crippen molar-refractivity contribution in [3.63, 3.8) is 0 Å². The van der Waals surface area contributed by atoms with Crippen molar-refractivity contribution in [3.8, 4) is 0 Å². The zero-order valence-electron chi connectivity index (χ0n) is 3.46. The Morgan fingerprint density at radius 2 is 2.00 bits per heavy atom. The van der Waals surface area contributed by atoms with Gasteiger partial charge >= 0.3 is 0 Å². The fourth-order valence-corrected chi connectivity index (χ4v) is 0. The molecule has 0 atom stereocenters. The van der Waals surface area contributed by atoms with Gasteiger partial charge in [-0.05, 0) is 13.8 Å². The maximum atomic E-state index is 11.3.